The number of esters is 1. The van der Waals surface area contributed by atoms with E-state index in [-0.39, 0.29) is 11.5 Å². The SMILES string of the molecule is COc1cc(OC)cc(C(=O)N[C@H](C(=O)O[C@H](C)C(=O)Nc2cc(C)ccc2OC)C(C)C)c1. The summed E-state index contributed by atoms with van der Waals surface area (Å²) in [6.45, 7) is 6.87. The van der Waals surface area contributed by atoms with Gasteiger partial charge in [-0.1, -0.05) is 19.9 Å². The first-order valence-electron chi connectivity index (χ1n) is 10.8. The van der Waals surface area contributed by atoms with Crippen molar-refractivity contribution in [3.05, 3.63) is 47.5 Å². The Balaban J connectivity index is 2.10. The van der Waals surface area contributed by atoms with Gasteiger partial charge in [-0.3, -0.25) is 9.59 Å². The highest BCUT2D eigenvalue weighted by atomic mass is 16.5. The minimum Gasteiger partial charge on any atom is -0.497 e. The molecule has 0 radical (unpaired) electrons. The zero-order chi connectivity index (χ0) is 25.4. The molecule has 0 unspecified atom stereocenters. The Bertz CT molecular complexity index is 1010. The van der Waals surface area contributed by atoms with E-state index in [0.29, 0.717) is 22.9 Å². The normalized spacial score (nSPS) is 12.4. The van der Waals surface area contributed by atoms with Gasteiger partial charge in [-0.15, -0.1) is 0 Å². The largest absolute Gasteiger partial charge is 0.497 e. The molecule has 2 atom stereocenters. The first-order chi connectivity index (χ1) is 16.1. The standard InChI is InChI=1S/C25H32N2O7/c1-14(2)22(27-24(29)17-11-18(31-5)13-19(12-17)32-6)25(30)34-16(4)23(28)26-20-10-15(3)8-9-21(20)33-7/h8-14,16,22H,1-7H3,(H,26,28)(H,27,29)/t16-,22+/m1/s1. The van der Waals surface area contributed by atoms with Gasteiger partial charge in [-0.05, 0) is 49.6 Å². The van der Waals surface area contributed by atoms with E-state index in [1.165, 1.54) is 40.4 Å². The first-order valence-corrected chi connectivity index (χ1v) is 10.8. The van der Waals surface area contributed by atoms with Crippen molar-refractivity contribution in [2.24, 2.45) is 5.92 Å². The van der Waals surface area contributed by atoms with Gasteiger partial charge in [0.15, 0.2) is 6.10 Å². The van der Waals surface area contributed by atoms with E-state index in [2.05, 4.69) is 10.6 Å². The van der Waals surface area contributed by atoms with Gasteiger partial charge in [0.1, 0.15) is 23.3 Å². The topological polar surface area (TPSA) is 112 Å². The third kappa shape index (κ3) is 6.87. The summed E-state index contributed by atoms with van der Waals surface area (Å²) < 4.78 is 21.0. The van der Waals surface area contributed by atoms with Crippen molar-refractivity contribution < 1.29 is 33.3 Å². The average Bonchev–Trinajstić information content (AvgIpc) is 2.81. The van der Waals surface area contributed by atoms with Crippen LogP contribution in [0, 0.1) is 12.8 Å². The summed E-state index contributed by atoms with van der Waals surface area (Å²) in [5.74, 6) is -0.695. The smallest absolute Gasteiger partial charge is 0.329 e. The molecular weight excluding hydrogens is 440 g/mol. The quantitative estimate of drug-likeness (QED) is 0.510. The molecule has 0 fully saturated rings. The minimum atomic E-state index is -1.10. The summed E-state index contributed by atoms with van der Waals surface area (Å²) in [7, 11) is 4.45. The Labute approximate surface area is 199 Å². The van der Waals surface area contributed by atoms with Crippen LogP contribution in [0.5, 0.6) is 17.2 Å². The van der Waals surface area contributed by atoms with Crippen LogP contribution in [-0.4, -0.2) is 51.3 Å². The molecule has 9 heteroatoms. The van der Waals surface area contributed by atoms with Gasteiger partial charge in [-0.25, -0.2) is 4.79 Å². The highest BCUT2D eigenvalue weighted by molar-refractivity contribution is 5.99. The Morgan fingerprint density at radius 1 is 0.853 bits per heavy atom. The summed E-state index contributed by atoms with van der Waals surface area (Å²) in [6.07, 6.45) is -1.10. The number of hydrogen-bond acceptors (Lipinski definition) is 7. The molecule has 184 valence electrons. The lowest BCUT2D eigenvalue weighted by Gasteiger charge is -2.23. The molecule has 0 bridgehead atoms. The predicted octanol–water partition coefficient (Wildman–Crippen LogP) is 3.35. The molecule has 9 nitrogen and oxygen atoms in total. The average molecular weight is 473 g/mol. The zero-order valence-corrected chi connectivity index (χ0v) is 20.6. The molecule has 2 amide bonds. The van der Waals surface area contributed by atoms with Gasteiger partial charge >= 0.3 is 5.97 Å². The van der Waals surface area contributed by atoms with Crippen LogP contribution in [0.1, 0.15) is 36.7 Å². The van der Waals surface area contributed by atoms with E-state index in [9.17, 15) is 14.4 Å². The van der Waals surface area contributed by atoms with E-state index in [0.717, 1.165) is 5.56 Å². The highest BCUT2D eigenvalue weighted by Crippen LogP contribution is 2.26. The number of benzene rings is 2. The number of carbonyl (C=O) groups excluding carboxylic acids is 3. The number of amides is 2. The maximum absolute atomic E-state index is 12.9. The van der Waals surface area contributed by atoms with E-state index in [1.54, 1.807) is 32.0 Å². The van der Waals surface area contributed by atoms with Crippen LogP contribution in [0.15, 0.2) is 36.4 Å². The summed E-state index contributed by atoms with van der Waals surface area (Å²) in [5, 5.41) is 5.39. The first kappa shape index (κ1) is 26.5. The molecule has 2 aromatic rings. The lowest BCUT2D eigenvalue weighted by molar-refractivity contribution is -0.156. The van der Waals surface area contributed by atoms with Crippen LogP contribution in [0.3, 0.4) is 0 Å². The van der Waals surface area contributed by atoms with Crippen molar-refractivity contribution >= 4 is 23.5 Å². The Morgan fingerprint density at radius 3 is 2.00 bits per heavy atom. The van der Waals surface area contributed by atoms with Crippen molar-refractivity contribution in [1.82, 2.24) is 5.32 Å². The van der Waals surface area contributed by atoms with E-state index in [4.69, 9.17) is 18.9 Å². The third-order valence-corrected chi connectivity index (χ3v) is 5.10. The van der Waals surface area contributed by atoms with Crippen LogP contribution < -0.4 is 24.8 Å². The number of hydrogen-bond donors (Lipinski definition) is 2. The summed E-state index contributed by atoms with van der Waals surface area (Å²) in [4.78, 5) is 38.3. The third-order valence-electron chi connectivity index (χ3n) is 5.10. The Morgan fingerprint density at radius 2 is 1.47 bits per heavy atom. The number of carbonyl (C=O) groups is 3. The fourth-order valence-corrected chi connectivity index (χ4v) is 3.12. The van der Waals surface area contributed by atoms with Crippen LogP contribution in [0.4, 0.5) is 5.69 Å². The number of nitrogens with one attached hydrogen (secondary N) is 2. The van der Waals surface area contributed by atoms with Gasteiger partial charge in [0.2, 0.25) is 0 Å². The monoisotopic (exact) mass is 472 g/mol. The molecule has 0 aliphatic heterocycles. The molecule has 0 aliphatic rings. The van der Waals surface area contributed by atoms with Crippen LogP contribution in [0.2, 0.25) is 0 Å². The van der Waals surface area contributed by atoms with Gasteiger partial charge in [0.05, 0.1) is 27.0 Å². The van der Waals surface area contributed by atoms with Crippen LogP contribution in [0.25, 0.3) is 0 Å². The lowest BCUT2D eigenvalue weighted by atomic mass is 10.0. The number of methoxy groups -OCH3 is 3. The van der Waals surface area contributed by atoms with E-state index < -0.39 is 29.9 Å². The second kappa shape index (κ2) is 11.9. The molecule has 0 aromatic heterocycles. The van der Waals surface area contributed by atoms with Gasteiger partial charge in [0, 0.05) is 11.6 Å². The van der Waals surface area contributed by atoms with Crippen molar-refractivity contribution in [2.45, 2.75) is 39.8 Å². The molecule has 2 rings (SSSR count). The number of ether oxygens (including phenoxy) is 4. The molecular formula is C25H32N2O7. The second-order valence-electron chi connectivity index (χ2n) is 8.07. The highest BCUT2D eigenvalue weighted by Gasteiger charge is 2.30. The second-order valence-corrected chi connectivity index (χ2v) is 8.07. The maximum atomic E-state index is 12.9. The van der Waals surface area contributed by atoms with Crippen molar-refractivity contribution in [3.8, 4) is 17.2 Å². The van der Waals surface area contributed by atoms with E-state index >= 15 is 0 Å². The minimum absolute atomic E-state index is 0.256. The molecule has 0 saturated carbocycles. The molecule has 34 heavy (non-hydrogen) atoms. The lowest BCUT2D eigenvalue weighted by Crippen LogP contribution is -2.47. The fourth-order valence-electron chi connectivity index (χ4n) is 3.12. The van der Waals surface area contributed by atoms with Crippen molar-refractivity contribution in [2.75, 3.05) is 26.6 Å². The van der Waals surface area contributed by atoms with E-state index in [1.807, 2.05) is 13.0 Å². The van der Waals surface area contributed by atoms with Crippen molar-refractivity contribution in [3.63, 3.8) is 0 Å². The molecule has 2 N–H and O–H groups in total. The molecule has 0 saturated heterocycles. The Hall–Kier alpha value is -3.75. The maximum Gasteiger partial charge on any atom is 0.329 e. The van der Waals surface area contributed by atoms with Crippen molar-refractivity contribution in [1.29, 1.82) is 0 Å². The number of aryl methyl sites for hydroxylation is 1. The van der Waals surface area contributed by atoms with Gasteiger partial charge < -0.3 is 29.6 Å². The van der Waals surface area contributed by atoms with Gasteiger partial charge in [0.25, 0.3) is 11.8 Å². The summed E-state index contributed by atoms with van der Waals surface area (Å²) >= 11 is 0. The number of anilines is 1. The summed E-state index contributed by atoms with van der Waals surface area (Å²) in [6, 6.07) is 9.07. The Kier molecular flexibility index (Phi) is 9.29. The van der Waals surface area contributed by atoms with Gasteiger partial charge in [-0.2, -0.15) is 0 Å². The zero-order valence-electron chi connectivity index (χ0n) is 20.6. The predicted molar refractivity (Wildman–Crippen MR) is 128 cm³/mol. The molecule has 2 aromatic carbocycles. The van der Waals surface area contributed by atoms with Crippen LogP contribution >= 0.6 is 0 Å². The summed E-state index contributed by atoms with van der Waals surface area (Å²) in [5.41, 5.74) is 1.65. The van der Waals surface area contributed by atoms with Crippen LogP contribution in [-0.2, 0) is 14.3 Å². The molecule has 0 spiro atoms. The fraction of sp³-hybridized carbons (Fsp3) is 0.400. The number of rotatable bonds is 10. The molecule has 0 aliphatic carbocycles. The molecule has 0 heterocycles.